The van der Waals surface area contributed by atoms with Crippen LogP contribution in [0.1, 0.15) is 11.3 Å². The molecule has 5 heteroatoms. The molecule has 0 fully saturated rings. The first kappa shape index (κ1) is 10.8. The molecule has 0 bridgehead atoms. The summed E-state index contributed by atoms with van der Waals surface area (Å²) >= 11 is 0. The Morgan fingerprint density at radius 3 is 2.61 bits per heavy atom. The number of nitrogens with zero attached hydrogens (tertiary/aromatic N) is 1. The Bertz CT molecular complexity index is 676. The number of nitrogens with one attached hydrogen (secondary N) is 1. The van der Waals surface area contributed by atoms with Crippen molar-refractivity contribution in [2.75, 3.05) is 6.79 Å². The van der Waals surface area contributed by atoms with E-state index >= 15 is 0 Å². The quantitative estimate of drug-likeness (QED) is 0.830. The molecule has 1 aromatic carbocycles. The van der Waals surface area contributed by atoms with Gasteiger partial charge in [0.05, 0.1) is 5.69 Å². The molecule has 0 aliphatic carbocycles. The van der Waals surface area contributed by atoms with Crippen LogP contribution in [0.15, 0.2) is 23.0 Å². The molecule has 3 rings (SSSR count). The van der Waals surface area contributed by atoms with Gasteiger partial charge in [-0.15, -0.1) is 0 Å². The standard InChI is InChI=1S/C13H12N2O3/c1-7-3-11-12(18-6-17-11)5-9(7)10-4-8(2)14-13(16)15-10/h3-5H,6H2,1-2H3,(H,14,15,16). The van der Waals surface area contributed by atoms with Crippen LogP contribution in [-0.2, 0) is 0 Å². The highest BCUT2D eigenvalue weighted by Gasteiger charge is 2.17. The Morgan fingerprint density at radius 1 is 1.17 bits per heavy atom. The molecule has 0 amide bonds. The number of benzene rings is 1. The first-order valence-electron chi connectivity index (χ1n) is 5.62. The van der Waals surface area contributed by atoms with Crippen LogP contribution in [0.4, 0.5) is 0 Å². The van der Waals surface area contributed by atoms with Crippen LogP contribution in [0.5, 0.6) is 11.5 Å². The molecule has 0 atom stereocenters. The van der Waals surface area contributed by atoms with Gasteiger partial charge in [-0.3, -0.25) is 0 Å². The molecule has 2 heterocycles. The average Bonchev–Trinajstić information content (AvgIpc) is 2.73. The number of H-pyrrole nitrogens is 1. The van der Waals surface area contributed by atoms with Gasteiger partial charge in [0.25, 0.3) is 0 Å². The van der Waals surface area contributed by atoms with Gasteiger partial charge in [0.15, 0.2) is 11.5 Å². The lowest BCUT2D eigenvalue weighted by Crippen LogP contribution is -2.12. The third-order valence-electron chi connectivity index (χ3n) is 2.87. The fourth-order valence-electron chi connectivity index (χ4n) is 2.04. The van der Waals surface area contributed by atoms with Gasteiger partial charge in [-0.25, -0.2) is 4.79 Å². The Labute approximate surface area is 103 Å². The number of aromatic nitrogens is 2. The molecule has 0 unspecified atom stereocenters. The van der Waals surface area contributed by atoms with E-state index in [9.17, 15) is 4.79 Å². The molecule has 0 saturated carbocycles. The Hall–Kier alpha value is -2.30. The van der Waals surface area contributed by atoms with Crippen LogP contribution in [0.3, 0.4) is 0 Å². The van der Waals surface area contributed by atoms with E-state index in [0.717, 1.165) is 22.6 Å². The van der Waals surface area contributed by atoms with Crippen LogP contribution in [-0.4, -0.2) is 16.8 Å². The summed E-state index contributed by atoms with van der Waals surface area (Å²) in [7, 11) is 0. The molecular formula is C13H12N2O3. The Morgan fingerprint density at radius 2 is 1.89 bits per heavy atom. The molecule has 0 radical (unpaired) electrons. The van der Waals surface area contributed by atoms with Crippen molar-refractivity contribution in [1.82, 2.24) is 9.97 Å². The lowest BCUT2D eigenvalue weighted by Gasteiger charge is -2.07. The number of aryl methyl sites for hydroxylation is 2. The normalized spacial score (nSPS) is 12.8. The third-order valence-corrected chi connectivity index (χ3v) is 2.87. The predicted octanol–water partition coefficient (Wildman–Crippen LogP) is 1.78. The summed E-state index contributed by atoms with van der Waals surface area (Å²) in [6, 6.07) is 5.60. The Kier molecular flexibility index (Phi) is 2.33. The van der Waals surface area contributed by atoms with E-state index < -0.39 is 0 Å². The first-order chi connectivity index (χ1) is 8.63. The SMILES string of the molecule is Cc1cc(-c2cc3c(cc2C)OCO3)nc(=O)[nH]1. The van der Waals surface area contributed by atoms with Gasteiger partial charge in [0.2, 0.25) is 6.79 Å². The molecular weight excluding hydrogens is 232 g/mol. The molecule has 2 aromatic rings. The molecule has 1 aliphatic heterocycles. The second-order valence-corrected chi connectivity index (χ2v) is 4.27. The van der Waals surface area contributed by atoms with Crippen molar-refractivity contribution in [3.63, 3.8) is 0 Å². The highest BCUT2D eigenvalue weighted by molar-refractivity contribution is 5.68. The van der Waals surface area contributed by atoms with Gasteiger partial charge in [-0.05, 0) is 37.6 Å². The molecule has 0 saturated heterocycles. The predicted molar refractivity (Wildman–Crippen MR) is 65.9 cm³/mol. The van der Waals surface area contributed by atoms with E-state index in [1.807, 2.05) is 32.0 Å². The molecule has 5 nitrogen and oxygen atoms in total. The zero-order valence-corrected chi connectivity index (χ0v) is 10.1. The van der Waals surface area contributed by atoms with Crippen LogP contribution >= 0.6 is 0 Å². The van der Waals surface area contributed by atoms with E-state index in [0.29, 0.717) is 11.4 Å². The van der Waals surface area contributed by atoms with Crippen molar-refractivity contribution in [3.8, 4) is 22.8 Å². The summed E-state index contributed by atoms with van der Waals surface area (Å²) in [5.41, 5.74) is 2.96. The second kappa shape index (κ2) is 3.87. The van der Waals surface area contributed by atoms with Gasteiger partial charge in [-0.2, -0.15) is 4.98 Å². The highest BCUT2D eigenvalue weighted by Crippen LogP contribution is 2.37. The van der Waals surface area contributed by atoms with Crippen LogP contribution in [0.2, 0.25) is 0 Å². The summed E-state index contributed by atoms with van der Waals surface area (Å²) in [6.07, 6.45) is 0. The van der Waals surface area contributed by atoms with E-state index in [1.54, 1.807) is 0 Å². The topological polar surface area (TPSA) is 64.2 Å². The van der Waals surface area contributed by atoms with Crippen LogP contribution < -0.4 is 15.2 Å². The number of fused-ring (bicyclic) bond motifs is 1. The van der Waals surface area contributed by atoms with E-state index in [1.165, 1.54) is 0 Å². The highest BCUT2D eigenvalue weighted by atomic mass is 16.7. The number of rotatable bonds is 1. The second-order valence-electron chi connectivity index (χ2n) is 4.27. The van der Waals surface area contributed by atoms with Crippen molar-refractivity contribution in [3.05, 3.63) is 39.9 Å². The van der Waals surface area contributed by atoms with Gasteiger partial charge < -0.3 is 14.5 Å². The van der Waals surface area contributed by atoms with E-state index in [-0.39, 0.29) is 12.5 Å². The number of aromatic amines is 1. The summed E-state index contributed by atoms with van der Waals surface area (Å²) in [5.74, 6) is 1.42. The number of hydrogen-bond donors (Lipinski definition) is 1. The fourth-order valence-corrected chi connectivity index (χ4v) is 2.04. The minimum atomic E-state index is -0.345. The zero-order chi connectivity index (χ0) is 12.7. The average molecular weight is 244 g/mol. The first-order valence-corrected chi connectivity index (χ1v) is 5.62. The van der Waals surface area contributed by atoms with E-state index in [2.05, 4.69) is 9.97 Å². The van der Waals surface area contributed by atoms with E-state index in [4.69, 9.17) is 9.47 Å². The molecule has 1 aromatic heterocycles. The Balaban J connectivity index is 2.19. The fraction of sp³-hybridized carbons (Fsp3) is 0.231. The minimum Gasteiger partial charge on any atom is -0.454 e. The molecule has 1 aliphatic rings. The molecule has 18 heavy (non-hydrogen) atoms. The number of hydrogen-bond acceptors (Lipinski definition) is 4. The summed E-state index contributed by atoms with van der Waals surface area (Å²) in [6.45, 7) is 4.02. The van der Waals surface area contributed by atoms with Crippen molar-refractivity contribution >= 4 is 0 Å². The summed E-state index contributed by atoms with van der Waals surface area (Å²) in [4.78, 5) is 18.0. The lowest BCUT2D eigenvalue weighted by molar-refractivity contribution is 0.174. The van der Waals surface area contributed by atoms with Gasteiger partial charge in [-0.1, -0.05) is 0 Å². The maximum atomic E-state index is 11.4. The van der Waals surface area contributed by atoms with Crippen molar-refractivity contribution in [2.24, 2.45) is 0 Å². The molecule has 1 N–H and O–H groups in total. The maximum Gasteiger partial charge on any atom is 0.345 e. The largest absolute Gasteiger partial charge is 0.454 e. The van der Waals surface area contributed by atoms with Crippen molar-refractivity contribution in [1.29, 1.82) is 0 Å². The molecule has 92 valence electrons. The van der Waals surface area contributed by atoms with Gasteiger partial charge in [0.1, 0.15) is 0 Å². The minimum absolute atomic E-state index is 0.236. The third kappa shape index (κ3) is 1.73. The van der Waals surface area contributed by atoms with Gasteiger partial charge in [0, 0.05) is 11.3 Å². The summed E-state index contributed by atoms with van der Waals surface area (Å²) < 4.78 is 10.6. The van der Waals surface area contributed by atoms with Crippen molar-refractivity contribution in [2.45, 2.75) is 13.8 Å². The smallest absolute Gasteiger partial charge is 0.345 e. The number of ether oxygens (including phenoxy) is 2. The van der Waals surface area contributed by atoms with Gasteiger partial charge >= 0.3 is 5.69 Å². The monoisotopic (exact) mass is 244 g/mol. The molecule has 0 spiro atoms. The summed E-state index contributed by atoms with van der Waals surface area (Å²) in [5, 5.41) is 0. The van der Waals surface area contributed by atoms with Crippen LogP contribution in [0, 0.1) is 13.8 Å². The zero-order valence-electron chi connectivity index (χ0n) is 10.1. The lowest BCUT2D eigenvalue weighted by atomic mass is 10.0. The van der Waals surface area contributed by atoms with Crippen molar-refractivity contribution < 1.29 is 9.47 Å². The maximum absolute atomic E-state index is 11.4. The van der Waals surface area contributed by atoms with Crippen LogP contribution in [0.25, 0.3) is 11.3 Å².